The molecule has 2 rings (SSSR count). The van der Waals surface area contributed by atoms with Gasteiger partial charge in [0, 0.05) is 6.54 Å². The molecule has 0 radical (unpaired) electrons. The number of carbonyl (C=O) groups is 2. The van der Waals surface area contributed by atoms with Gasteiger partial charge in [0.1, 0.15) is 4.88 Å². The zero-order valence-electron chi connectivity index (χ0n) is 12.2. The van der Waals surface area contributed by atoms with Gasteiger partial charge in [0.25, 0.3) is 5.91 Å². The van der Waals surface area contributed by atoms with Crippen LogP contribution >= 0.6 is 11.5 Å². The number of carboxylic acids is 1. The van der Waals surface area contributed by atoms with Crippen molar-refractivity contribution in [3.8, 4) is 0 Å². The normalized spacial score (nSPS) is 17.4. The maximum atomic E-state index is 12.2. The molecule has 0 bridgehead atoms. The van der Waals surface area contributed by atoms with Gasteiger partial charge in [-0.05, 0) is 36.2 Å². The van der Waals surface area contributed by atoms with Crippen molar-refractivity contribution in [1.29, 1.82) is 0 Å². The topological polar surface area (TPSA) is 92.2 Å². The minimum absolute atomic E-state index is 0.120. The maximum absolute atomic E-state index is 12.2. The Kier molecular flexibility index (Phi) is 5.27. The van der Waals surface area contributed by atoms with Gasteiger partial charge >= 0.3 is 5.97 Å². The van der Waals surface area contributed by atoms with E-state index >= 15 is 0 Å². The van der Waals surface area contributed by atoms with E-state index in [0.717, 1.165) is 43.6 Å². The maximum Gasteiger partial charge on any atom is 0.303 e. The van der Waals surface area contributed by atoms with Crippen molar-refractivity contribution >= 4 is 23.4 Å². The number of hydrogen-bond donors (Lipinski definition) is 2. The summed E-state index contributed by atoms with van der Waals surface area (Å²) in [5, 5.41) is 16.0. The van der Waals surface area contributed by atoms with Crippen LogP contribution in [0.15, 0.2) is 0 Å². The highest BCUT2D eigenvalue weighted by atomic mass is 32.1. The SMILES string of the molecule is CCc1nnsc1C(=O)NCC1(CC(=O)O)CCCCC1. The van der Waals surface area contributed by atoms with Crippen LogP contribution in [0.2, 0.25) is 0 Å². The zero-order chi connectivity index (χ0) is 15.3. The summed E-state index contributed by atoms with van der Waals surface area (Å²) in [4.78, 5) is 23.9. The second-order valence-electron chi connectivity index (χ2n) is 5.72. The molecule has 1 aliphatic carbocycles. The number of amides is 1. The first-order valence-corrected chi connectivity index (χ1v) is 8.15. The van der Waals surface area contributed by atoms with Gasteiger partial charge in [0.15, 0.2) is 0 Å². The molecular formula is C14H21N3O3S. The quantitative estimate of drug-likeness (QED) is 0.840. The Morgan fingerprint density at radius 2 is 2.05 bits per heavy atom. The summed E-state index contributed by atoms with van der Waals surface area (Å²) in [5.74, 6) is -0.975. The lowest BCUT2D eigenvalue weighted by Gasteiger charge is -2.36. The molecule has 1 fully saturated rings. The Morgan fingerprint density at radius 3 is 2.67 bits per heavy atom. The van der Waals surface area contributed by atoms with Crippen LogP contribution in [-0.2, 0) is 11.2 Å². The largest absolute Gasteiger partial charge is 0.481 e. The number of carboxylic acid groups (broad SMARTS) is 1. The summed E-state index contributed by atoms with van der Waals surface area (Å²) in [6, 6.07) is 0. The van der Waals surface area contributed by atoms with Gasteiger partial charge in [0.2, 0.25) is 0 Å². The molecule has 0 aliphatic heterocycles. The first kappa shape index (κ1) is 15.9. The molecule has 0 saturated heterocycles. The van der Waals surface area contributed by atoms with E-state index in [1.54, 1.807) is 0 Å². The number of hydrogen-bond acceptors (Lipinski definition) is 5. The molecule has 0 aromatic carbocycles. The summed E-state index contributed by atoms with van der Waals surface area (Å²) in [5.41, 5.74) is 0.401. The summed E-state index contributed by atoms with van der Waals surface area (Å²) >= 11 is 1.09. The van der Waals surface area contributed by atoms with E-state index in [4.69, 9.17) is 5.11 Å². The first-order chi connectivity index (χ1) is 10.1. The predicted octanol–water partition coefficient (Wildman–Crippen LogP) is 2.26. The number of carbonyl (C=O) groups excluding carboxylic acids is 1. The minimum Gasteiger partial charge on any atom is -0.481 e. The smallest absolute Gasteiger partial charge is 0.303 e. The van der Waals surface area contributed by atoms with Crippen molar-refractivity contribution in [3.05, 3.63) is 10.6 Å². The molecule has 0 spiro atoms. The lowest BCUT2D eigenvalue weighted by molar-refractivity contribution is -0.140. The molecule has 116 valence electrons. The molecule has 0 atom stereocenters. The van der Waals surface area contributed by atoms with Crippen LogP contribution in [0.3, 0.4) is 0 Å². The van der Waals surface area contributed by atoms with Crippen LogP contribution in [0.1, 0.15) is 60.8 Å². The first-order valence-electron chi connectivity index (χ1n) is 7.37. The van der Waals surface area contributed by atoms with Crippen LogP contribution in [0.25, 0.3) is 0 Å². The monoisotopic (exact) mass is 311 g/mol. The fourth-order valence-corrected chi connectivity index (χ4v) is 3.67. The molecule has 6 nitrogen and oxygen atoms in total. The highest BCUT2D eigenvalue weighted by molar-refractivity contribution is 7.08. The number of aryl methyl sites for hydroxylation is 1. The number of nitrogens with one attached hydrogen (secondary N) is 1. The van der Waals surface area contributed by atoms with E-state index in [1.165, 1.54) is 0 Å². The summed E-state index contributed by atoms with van der Waals surface area (Å²) in [6.45, 7) is 2.35. The van der Waals surface area contributed by atoms with Crippen LogP contribution in [0, 0.1) is 5.41 Å². The minimum atomic E-state index is -0.792. The molecule has 1 aromatic rings. The van der Waals surface area contributed by atoms with Crippen molar-refractivity contribution in [2.45, 2.75) is 51.9 Å². The van der Waals surface area contributed by atoms with Gasteiger partial charge in [-0.15, -0.1) is 5.10 Å². The van der Waals surface area contributed by atoms with Gasteiger partial charge < -0.3 is 10.4 Å². The van der Waals surface area contributed by atoms with Crippen molar-refractivity contribution in [2.24, 2.45) is 5.41 Å². The van der Waals surface area contributed by atoms with Crippen molar-refractivity contribution < 1.29 is 14.7 Å². The molecule has 1 aromatic heterocycles. The number of rotatable bonds is 6. The Hall–Kier alpha value is -1.50. The molecule has 7 heteroatoms. The van der Waals surface area contributed by atoms with Crippen LogP contribution in [0.4, 0.5) is 0 Å². The third kappa shape index (κ3) is 4.00. The van der Waals surface area contributed by atoms with Gasteiger partial charge in [0.05, 0.1) is 12.1 Å². The average Bonchev–Trinajstić information content (AvgIpc) is 2.93. The van der Waals surface area contributed by atoms with E-state index in [9.17, 15) is 9.59 Å². The Bertz CT molecular complexity index is 509. The second-order valence-corrected chi connectivity index (χ2v) is 6.47. The fourth-order valence-electron chi connectivity index (χ4n) is 3.00. The molecule has 1 heterocycles. The number of nitrogens with zero attached hydrogens (tertiary/aromatic N) is 2. The zero-order valence-corrected chi connectivity index (χ0v) is 13.0. The predicted molar refractivity (Wildman–Crippen MR) is 79.4 cm³/mol. The van der Waals surface area contributed by atoms with E-state index in [1.807, 2.05) is 6.92 Å². The summed E-state index contributed by atoms with van der Waals surface area (Å²) in [6.07, 6.45) is 5.72. The van der Waals surface area contributed by atoms with Crippen LogP contribution in [-0.4, -0.2) is 33.1 Å². The number of aromatic nitrogens is 2. The Morgan fingerprint density at radius 1 is 1.33 bits per heavy atom. The standard InChI is InChI=1S/C14H21N3O3S/c1-2-10-12(21-17-16-10)13(20)15-9-14(8-11(18)19)6-4-3-5-7-14/h2-9H2,1H3,(H,15,20)(H,18,19). The summed E-state index contributed by atoms with van der Waals surface area (Å²) < 4.78 is 3.81. The van der Waals surface area contributed by atoms with Crippen molar-refractivity contribution in [2.75, 3.05) is 6.54 Å². The van der Waals surface area contributed by atoms with E-state index < -0.39 is 5.97 Å². The third-order valence-electron chi connectivity index (χ3n) is 4.16. The van der Waals surface area contributed by atoms with Crippen LogP contribution < -0.4 is 5.32 Å². The molecule has 1 saturated carbocycles. The molecule has 1 amide bonds. The highest BCUT2D eigenvalue weighted by Crippen LogP contribution is 2.38. The Labute approximate surface area is 128 Å². The van der Waals surface area contributed by atoms with Gasteiger partial charge in [-0.2, -0.15) is 0 Å². The van der Waals surface area contributed by atoms with Gasteiger partial charge in [-0.3, -0.25) is 9.59 Å². The summed E-state index contributed by atoms with van der Waals surface area (Å²) in [7, 11) is 0. The second kappa shape index (κ2) is 6.98. The average molecular weight is 311 g/mol. The Balaban J connectivity index is 2.01. The highest BCUT2D eigenvalue weighted by Gasteiger charge is 2.35. The van der Waals surface area contributed by atoms with E-state index in [2.05, 4.69) is 14.9 Å². The fraction of sp³-hybridized carbons (Fsp3) is 0.714. The molecule has 2 N–H and O–H groups in total. The van der Waals surface area contributed by atoms with Gasteiger partial charge in [-0.1, -0.05) is 30.7 Å². The van der Waals surface area contributed by atoms with E-state index in [0.29, 0.717) is 23.5 Å². The lowest BCUT2D eigenvalue weighted by Crippen LogP contribution is -2.40. The molecule has 21 heavy (non-hydrogen) atoms. The lowest BCUT2D eigenvalue weighted by atomic mass is 9.71. The van der Waals surface area contributed by atoms with Crippen LogP contribution in [0.5, 0.6) is 0 Å². The van der Waals surface area contributed by atoms with Crippen molar-refractivity contribution in [1.82, 2.24) is 14.9 Å². The third-order valence-corrected chi connectivity index (χ3v) is 4.93. The molecular weight excluding hydrogens is 290 g/mol. The molecule has 1 aliphatic rings. The molecule has 0 unspecified atom stereocenters. The van der Waals surface area contributed by atoms with E-state index in [-0.39, 0.29) is 17.7 Å². The number of aliphatic carboxylic acids is 1. The van der Waals surface area contributed by atoms with Gasteiger partial charge in [-0.25, -0.2) is 0 Å². The van der Waals surface area contributed by atoms with Crippen molar-refractivity contribution in [3.63, 3.8) is 0 Å².